The topological polar surface area (TPSA) is 133 Å². The molecule has 0 spiro atoms. The third-order valence-corrected chi connectivity index (χ3v) is 6.39. The zero-order valence-corrected chi connectivity index (χ0v) is 17.5. The molecule has 0 radical (unpaired) electrons. The molecule has 3 N–H and O–H groups in total. The lowest BCUT2D eigenvalue weighted by Crippen LogP contribution is -2.31. The summed E-state index contributed by atoms with van der Waals surface area (Å²) < 4.78 is 32.5. The maximum atomic E-state index is 12.5. The Kier molecular flexibility index (Phi) is 5.73. The van der Waals surface area contributed by atoms with Crippen LogP contribution in [0.2, 0.25) is 0 Å². The quantitative estimate of drug-likeness (QED) is 0.480. The molecular formula is C19H24N6O4S. The van der Waals surface area contributed by atoms with Gasteiger partial charge in [0.1, 0.15) is 17.5 Å². The van der Waals surface area contributed by atoms with Crippen molar-refractivity contribution in [2.45, 2.75) is 31.1 Å². The minimum Gasteiger partial charge on any atom is -0.408 e. The molecule has 0 saturated carbocycles. The van der Waals surface area contributed by atoms with Crippen LogP contribution in [0.4, 0.5) is 11.6 Å². The van der Waals surface area contributed by atoms with Gasteiger partial charge in [-0.3, -0.25) is 4.98 Å². The third-order valence-electron chi connectivity index (χ3n) is 4.93. The SMILES string of the molecule is Cc1nc(NCCNS(=O)(=O)c2ccc3oc(=O)[nH]c3c2)cc(N2CCCCC2)n1. The second-order valence-electron chi connectivity index (χ2n) is 7.20. The number of fused-ring (bicyclic) bond motifs is 1. The van der Waals surface area contributed by atoms with Crippen LogP contribution in [0.15, 0.2) is 38.4 Å². The molecule has 0 atom stereocenters. The number of aromatic nitrogens is 3. The maximum absolute atomic E-state index is 12.5. The standard InChI is InChI=1S/C19H24N6O4S/c1-13-22-17(12-18(23-13)25-9-3-2-4-10-25)20-7-8-21-30(27,28)14-5-6-16-15(11-14)24-19(26)29-16/h5-6,11-12,21H,2-4,7-10H2,1H3,(H,24,26)(H,20,22,23). The second-order valence-corrected chi connectivity index (χ2v) is 8.97. The summed E-state index contributed by atoms with van der Waals surface area (Å²) in [4.78, 5) is 24.9. The van der Waals surface area contributed by atoms with Crippen LogP contribution in [0.3, 0.4) is 0 Å². The van der Waals surface area contributed by atoms with Crippen molar-refractivity contribution in [1.29, 1.82) is 0 Å². The van der Waals surface area contributed by atoms with Gasteiger partial charge in [0.25, 0.3) is 0 Å². The number of benzene rings is 1. The lowest BCUT2D eigenvalue weighted by atomic mass is 10.1. The van der Waals surface area contributed by atoms with Crippen LogP contribution >= 0.6 is 0 Å². The van der Waals surface area contributed by atoms with E-state index in [2.05, 4.69) is 29.9 Å². The first-order chi connectivity index (χ1) is 14.4. The van der Waals surface area contributed by atoms with Crippen LogP contribution < -0.4 is 20.7 Å². The van der Waals surface area contributed by atoms with Gasteiger partial charge in [-0.1, -0.05) is 0 Å². The first kappa shape index (κ1) is 20.4. The van der Waals surface area contributed by atoms with Gasteiger partial charge in [0.05, 0.1) is 10.4 Å². The number of nitrogens with one attached hydrogen (secondary N) is 3. The molecule has 0 bridgehead atoms. The third kappa shape index (κ3) is 4.62. The summed E-state index contributed by atoms with van der Waals surface area (Å²) in [6, 6.07) is 6.12. The Morgan fingerprint density at radius 2 is 1.93 bits per heavy atom. The summed E-state index contributed by atoms with van der Waals surface area (Å²) in [5.74, 6) is 1.61. The molecule has 1 aliphatic rings. The minimum absolute atomic E-state index is 0.0531. The van der Waals surface area contributed by atoms with Gasteiger partial charge in [-0.05, 0) is 44.4 Å². The summed E-state index contributed by atoms with van der Waals surface area (Å²) in [6.45, 7) is 4.35. The lowest BCUT2D eigenvalue weighted by molar-refractivity contribution is 0.555. The van der Waals surface area contributed by atoms with E-state index in [1.54, 1.807) is 0 Å². The van der Waals surface area contributed by atoms with Crippen LogP contribution in [0.1, 0.15) is 25.1 Å². The van der Waals surface area contributed by atoms with Crippen LogP contribution in [0, 0.1) is 6.92 Å². The molecule has 3 heterocycles. The zero-order chi connectivity index (χ0) is 21.1. The number of hydrogen-bond acceptors (Lipinski definition) is 8. The van der Waals surface area contributed by atoms with Gasteiger partial charge < -0.3 is 14.6 Å². The number of rotatable bonds is 7. The molecule has 1 fully saturated rings. The molecule has 2 aromatic heterocycles. The lowest BCUT2D eigenvalue weighted by Gasteiger charge is -2.28. The zero-order valence-electron chi connectivity index (χ0n) is 16.6. The van der Waals surface area contributed by atoms with Gasteiger partial charge in [-0.15, -0.1) is 0 Å². The second kappa shape index (κ2) is 8.44. The average molecular weight is 433 g/mol. The molecule has 10 nitrogen and oxygen atoms in total. The molecule has 0 amide bonds. The fourth-order valence-corrected chi connectivity index (χ4v) is 4.54. The maximum Gasteiger partial charge on any atom is 0.417 e. The Labute approximate surface area is 173 Å². The average Bonchev–Trinajstić information content (AvgIpc) is 3.11. The predicted molar refractivity (Wildman–Crippen MR) is 113 cm³/mol. The van der Waals surface area contributed by atoms with E-state index < -0.39 is 15.8 Å². The van der Waals surface area contributed by atoms with E-state index in [-0.39, 0.29) is 11.4 Å². The van der Waals surface area contributed by atoms with Crippen LogP contribution in [0.25, 0.3) is 11.1 Å². The van der Waals surface area contributed by atoms with E-state index in [4.69, 9.17) is 4.42 Å². The largest absolute Gasteiger partial charge is 0.417 e. The van der Waals surface area contributed by atoms with E-state index in [0.717, 1.165) is 31.7 Å². The highest BCUT2D eigenvalue weighted by molar-refractivity contribution is 7.89. The Bertz CT molecular complexity index is 1200. The Balaban J connectivity index is 1.36. The first-order valence-electron chi connectivity index (χ1n) is 9.88. The van der Waals surface area contributed by atoms with Crippen molar-refractivity contribution in [2.24, 2.45) is 0 Å². The van der Waals surface area contributed by atoms with Crippen molar-refractivity contribution >= 4 is 32.8 Å². The monoisotopic (exact) mass is 432 g/mol. The highest BCUT2D eigenvalue weighted by Crippen LogP contribution is 2.20. The highest BCUT2D eigenvalue weighted by Gasteiger charge is 2.16. The Morgan fingerprint density at radius 3 is 2.73 bits per heavy atom. The number of nitrogens with zero attached hydrogens (tertiary/aromatic N) is 3. The van der Waals surface area contributed by atoms with Crippen molar-refractivity contribution in [3.8, 4) is 0 Å². The first-order valence-corrected chi connectivity index (χ1v) is 11.4. The molecule has 11 heteroatoms. The van der Waals surface area contributed by atoms with E-state index in [1.165, 1.54) is 24.6 Å². The smallest absolute Gasteiger partial charge is 0.408 e. The van der Waals surface area contributed by atoms with Crippen molar-refractivity contribution in [3.63, 3.8) is 0 Å². The number of piperidine rings is 1. The molecule has 4 rings (SSSR count). The summed E-state index contributed by atoms with van der Waals surface area (Å²) in [6.07, 6.45) is 3.56. The molecule has 0 unspecified atom stereocenters. The van der Waals surface area contributed by atoms with Crippen molar-refractivity contribution in [1.82, 2.24) is 19.7 Å². The number of anilines is 2. The van der Waals surface area contributed by atoms with Crippen molar-refractivity contribution in [3.05, 3.63) is 40.6 Å². The predicted octanol–water partition coefficient (Wildman–Crippen LogP) is 1.60. The number of aromatic amines is 1. The summed E-state index contributed by atoms with van der Waals surface area (Å²) >= 11 is 0. The molecular weight excluding hydrogens is 408 g/mol. The number of H-pyrrole nitrogens is 1. The van der Waals surface area contributed by atoms with Gasteiger partial charge in [0.2, 0.25) is 10.0 Å². The van der Waals surface area contributed by atoms with Gasteiger partial charge >= 0.3 is 5.76 Å². The molecule has 30 heavy (non-hydrogen) atoms. The van der Waals surface area contributed by atoms with Gasteiger partial charge in [0.15, 0.2) is 5.58 Å². The number of oxazole rings is 1. The van der Waals surface area contributed by atoms with E-state index in [9.17, 15) is 13.2 Å². The van der Waals surface area contributed by atoms with Crippen molar-refractivity contribution in [2.75, 3.05) is 36.4 Å². The molecule has 1 saturated heterocycles. The van der Waals surface area contributed by atoms with Crippen LogP contribution in [-0.2, 0) is 10.0 Å². The number of sulfonamides is 1. The fraction of sp³-hybridized carbons (Fsp3) is 0.421. The van der Waals surface area contributed by atoms with Crippen molar-refractivity contribution < 1.29 is 12.8 Å². The number of aryl methyl sites for hydroxylation is 1. The van der Waals surface area contributed by atoms with Gasteiger partial charge in [0, 0.05) is 32.2 Å². The van der Waals surface area contributed by atoms with E-state index >= 15 is 0 Å². The number of hydrogen-bond donors (Lipinski definition) is 3. The molecule has 3 aromatic rings. The van der Waals surface area contributed by atoms with E-state index in [1.807, 2.05) is 13.0 Å². The highest BCUT2D eigenvalue weighted by atomic mass is 32.2. The molecule has 0 aliphatic carbocycles. The van der Waals surface area contributed by atoms with Crippen LogP contribution in [0.5, 0.6) is 0 Å². The van der Waals surface area contributed by atoms with Gasteiger partial charge in [-0.2, -0.15) is 0 Å². The summed E-state index contributed by atoms with van der Waals surface area (Å²) in [5, 5.41) is 3.15. The molecule has 1 aliphatic heterocycles. The van der Waals surface area contributed by atoms with Gasteiger partial charge in [-0.25, -0.2) is 27.9 Å². The molecule has 160 valence electrons. The minimum atomic E-state index is -3.73. The summed E-state index contributed by atoms with van der Waals surface area (Å²) in [7, 11) is -3.73. The fourth-order valence-electron chi connectivity index (χ4n) is 3.49. The Morgan fingerprint density at radius 1 is 1.13 bits per heavy atom. The Hall–Kier alpha value is -2.92. The van der Waals surface area contributed by atoms with Crippen LogP contribution in [-0.4, -0.2) is 49.5 Å². The summed E-state index contributed by atoms with van der Waals surface area (Å²) in [5.41, 5.74) is 0.645. The molecule has 1 aromatic carbocycles. The van der Waals surface area contributed by atoms with E-state index in [0.29, 0.717) is 29.3 Å². The normalized spacial score (nSPS) is 14.9.